The van der Waals surface area contributed by atoms with E-state index in [4.69, 9.17) is 16.2 Å². The van der Waals surface area contributed by atoms with Gasteiger partial charge < -0.3 is 89.0 Å². The summed E-state index contributed by atoms with van der Waals surface area (Å²) in [4.78, 5) is 162. The molecule has 2 fully saturated rings. The number of likely N-dealkylation sites (tertiary alicyclic amines) is 1. The molecule has 1 aromatic carbocycles. The van der Waals surface area contributed by atoms with E-state index in [1.807, 2.05) is 19.9 Å². The monoisotopic (exact) mass is 1210 g/mol. The van der Waals surface area contributed by atoms with Gasteiger partial charge in [0.2, 0.25) is 59.1 Å². The van der Waals surface area contributed by atoms with Gasteiger partial charge in [-0.25, -0.2) is 9.97 Å². The second-order valence-corrected chi connectivity index (χ2v) is 23.0. The quantitative estimate of drug-likeness (QED) is 0.0135. The summed E-state index contributed by atoms with van der Waals surface area (Å²) in [5, 5.41) is 35.5. The average Bonchev–Trinajstić information content (AvgIpc) is 3.97. The minimum atomic E-state index is -1.76. The van der Waals surface area contributed by atoms with Crippen LogP contribution in [0.3, 0.4) is 0 Å². The maximum absolute atomic E-state index is 14.6. The number of aromatic amines is 3. The zero-order chi connectivity index (χ0) is 63.4. The molecule has 0 unspecified atom stereocenters. The molecule has 0 spiro atoms. The first-order valence-electron chi connectivity index (χ1n) is 29.2. The molecule has 6 rings (SSSR count). The van der Waals surface area contributed by atoms with Crippen molar-refractivity contribution < 1.29 is 57.8 Å². The second-order valence-electron chi connectivity index (χ2n) is 23.0. The van der Waals surface area contributed by atoms with Crippen LogP contribution < -0.4 is 59.3 Å². The maximum Gasteiger partial charge on any atom is 0.245 e. The summed E-state index contributed by atoms with van der Waals surface area (Å²) in [6.07, 6.45) is 8.40. The molecule has 4 aromatic rings. The predicted octanol–water partition coefficient (Wildman–Crippen LogP) is -2.65. The maximum atomic E-state index is 14.6. The number of imidazole rings is 2. The molecule has 0 radical (unpaired) electrons. The van der Waals surface area contributed by atoms with Crippen LogP contribution in [0.2, 0.25) is 0 Å². The van der Waals surface area contributed by atoms with Crippen molar-refractivity contribution in [3.63, 3.8) is 0 Å². The van der Waals surface area contributed by atoms with Gasteiger partial charge in [-0.2, -0.15) is 0 Å². The lowest BCUT2D eigenvalue weighted by Crippen LogP contribution is -2.62. The third-order valence-electron chi connectivity index (χ3n) is 14.5. The van der Waals surface area contributed by atoms with Crippen molar-refractivity contribution in [2.24, 2.45) is 22.4 Å². The predicted molar refractivity (Wildman–Crippen MR) is 317 cm³/mol. The summed E-state index contributed by atoms with van der Waals surface area (Å²) < 4.78 is 6.03. The number of aliphatic hydroxyl groups is 1. The van der Waals surface area contributed by atoms with E-state index >= 15 is 0 Å². The topological polar surface area (TPSA) is 449 Å². The number of carbonyl (C=O) groups excluding carboxylic acids is 10. The Balaban J connectivity index is 1.22. The fourth-order valence-corrected chi connectivity index (χ4v) is 10.1. The van der Waals surface area contributed by atoms with E-state index in [1.54, 1.807) is 52.1 Å². The molecule has 87 heavy (non-hydrogen) atoms. The minimum absolute atomic E-state index is 0.0707. The Morgan fingerprint density at radius 1 is 0.736 bits per heavy atom. The van der Waals surface area contributed by atoms with Gasteiger partial charge in [-0.15, -0.1) is 0 Å². The Morgan fingerprint density at radius 2 is 1.30 bits per heavy atom. The van der Waals surface area contributed by atoms with Crippen molar-refractivity contribution in [1.82, 2.24) is 77.7 Å². The third-order valence-corrected chi connectivity index (χ3v) is 14.5. The highest BCUT2D eigenvalue weighted by molar-refractivity contribution is 5.99. The molecule has 0 saturated carbocycles. The number of carbonyl (C=O) groups is 10. The van der Waals surface area contributed by atoms with Crippen molar-refractivity contribution in [3.05, 3.63) is 72.5 Å². The Kier molecular flexibility index (Phi) is 24.7. The van der Waals surface area contributed by atoms with Crippen molar-refractivity contribution in [2.75, 3.05) is 32.8 Å². The number of fused-ring (bicyclic) bond motifs is 1. The number of benzene rings is 1. The number of amides is 10. The van der Waals surface area contributed by atoms with E-state index in [0.717, 1.165) is 5.52 Å². The lowest BCUT2D eigenvalue weighted by atomic mass is 10.0. The van der Waals surface area contributed by atoms with Crippen LogP contribution in [-0.4, -0.2) is 193 Å². The molecular formula is C57H84N18O12. The largest absolute Gasteiger partial charge is 0.394 e. The van der Waals surface area contributed by atoms with Gasteiger partial charge >= 0.3 is 0 Å². The highest BCUT2D eigenvalue weighted by Gasteiger charge is 2.40. The van der Waals surface area contributed by atoms with E-state index in [2.05, 4.69) is 77.8 Å². The van der Waals surface area contributed by atoms with Gasteiger partial charge in [-0.3, -0.25) is 52.9 Å². The number of rotatable bonds is 32. The van der Waals surface area contributed by atoms with E-state index in [9.17, 15) is 53.1 Å². The van der Waals surface area contributed by atoms with E-state index in [0.29, 0.717) is 41.7 Å². The molecule has 10 amide bonds. The second kappa shape index (κ2) is 32.0. The number of guanidine groups is 1. The van der Waals surface area contributed by atoms with E-state index < -0.39 is 120 Å². The summed E-state index contributed by atoms with van der Waals surface area (Å²) in [5.41, 5.74) is 12.3. The number of hydrogen-bond acceptors (Lipinski definition) is 15. The first-order valence-corrected chi connectivity index (χ1v) is 29.2. The lowest BCUT2D eigenvalue weighted by molar-refractivity contribution is -0.142. The zero-order valence-corrected chi connectivity index (χ0v) is 50.0. The van der Waals surface area contributed by atoms with Gasteiger partial charge in [0.05, 0.1) is 31.5 Å². The Bertz CT molecular complexity index is 3030. The number of likely N-dealkylation sites (N-methyl/N-ethyl adjacent to an activating group) is 1. The SMILES string of the molecule is CCNC(=O)[C@@H]1CCCN1C(=O)[C@H](CCCN=C(N)N)NC(=O)[C@H](CC(C)C)NC(=O)[C@@H](COC(C)(C)C)NC(=O)[C@H](Cc1cnc[nH]1)NC(=O)[C@H](CO)NC(=O)[C@H](Cc1c[nH]c2ccccc12)NC(=O)[C@H](Cc1cnc[nH]1)NC(=O)[C@@H]1CCC(=O)N1. The number of hydrogen-bond donors (Lipinski definition) is 15. The molecule has 9 atom stereocenters. The van der Waals surface area contributed by atoms with Crippen LogP contribution in [0, 0.1) is 5.92 Å². The van der Waals surface area contributed by atoms with Gasteiger partial charge in [-0.05, 0) is 83.8 Å². The van der Waals surface area contributed by atoms with Crippen LogP contribution in [-0.2, 0) is 71.9 Å². The molecule has 3 aromatic heterocycles. The number of nitrogens with two attached hydrogens (primary N) is 2. The zero-order valence-electron chi connectivity index (χ0n) is 50.0. The van der Waals surface area contributed by atoms with E-state index in [-0.39, 0.29) is 88.1 Å². The molecule has 2 saturated heterocycles. The third kappa shape index (κ3) is 20.4. The average molecular weight is 1210 g/mol. The van der Waals surface area contributed by atoms with Crippen LogP contribution in [0.15, 0.2) is 60.5 Å². The summed E-state index contributed by atoms with van der Waals surface area (Å²) in [6.45, 7) is 9.88. The number of aliphatic imine (C=N–C) groups is 1. The number of H-pyrrole nitrogens is 3. The molecule has 0 aliphatic carbocycles. The smallest absolute Gasteiger partial charge is 0.245 e. The summed E-state index contributed by atoms with van der Waals surface area (Å²) in [6, 6.07) is -4.48. The molecule has 2 aliphatic rings. The first kappa shape index (κ1) is 67.2. The number of nitrogens with zero attached hydrogens (tertiary/aromatic N) is 4. The van der Waals surface area contributed by atoms with Gasteiger partial charge in [0.25, 0.3) is 0 Å². The fourth-order valence-electron chi connectivity index (χ4n) is 10.1. The van der Waals surface area contributed by atoms with Gasteiger partial charge in [0, 0.05) is 86.2 Å². The molecule has 2 aliphatic heterocycles. The van der Waals surface area contributed by atoms with Crippen molar-refractivity contribution in [2.45, 2.75) is 166 Å². The molecular weight excluding hydrogens is 1130 g/mol. The molecule has 5 heterocycles. The van der Waals surface area contributed by atoms with Crippen molar-refractivity contribution in [3.8, 4) is 0 Å². The van der Waals surface area contributed by atoms with Crippen LogP contribution in [0.1, 0.15) is 103 Å². The number of aromatic nitrogens is 5. The van der Waals surface area contributed by atoms with Crippen LogP contribution in [0.4, 0.5) is 0 Å². The number of aliphatic hydroxyl groups excluding tert-OH is 1. The number of ether oxygens (including phenoxy) is 1. The standard InChI is InChI=1S/C57H84N18O12/c1-7-62-54(85)45-15-11-19-75(45)55(86)38(14-10-18-63-56(58)59)68-48(79)39(20-31(2)3)69-53(84)44(28-87-57(4,5)6)74-51(82)42(23-34-26-61-30-66-34)72-52(83)43(27-76)73-49(80)40(21-32-24-64-36-13-9-8-12-35(32)36)70-50(81)41(22-33-25-60-29-65-33)71-47(78)37-16-17-46(77)67-37/h8-9,12-13,24-26,29-31,37-45,64,76H,7,10-11,14-23,27-28H2,1-6H3,(H,60,65)(H,61,66)(H,62,85)(H,67,77)(H,68,79)(H,69,84)(H,70,81)(H,71,78)(H,72,83)(H,73,80)(H,74,82)(H4,58,59,63)/t37-,38-,39-,40-,41-,42-,43-,44+,45-/m0/s1. The van der Waals surface area contributed by atoms with Gasteiger partial charge in [0.1, 0.15) is 54.4 Å². The number of nitrogens with one attached hydrogen (secondary N) is 12. The van der Waals surface area contributed by atoms with Crippen molar-refractivity contribution >= 4 is 75.9 Å². The molecule has 474 valence electrons. The molecule has 30 nitrogen and oxygen atoms in total. The van der Waals surface area contributed by atoms with E-state index in [1.165, 1.54) is 29.9 Å². The van der Waals surface area contributed by atoms with Gasteiger partial charge in [0.15, 0.2) is 5.96 Å². The summed E-state index contributed by atoms with van der Waals surface area (Å²) in [5.74, 6) is -7.48. The lowest BCUT2D eigenvalue weighted by Gasteiger charge is -2.31. The Hall–Kier alpha value is -8.93. The molecule has 30 heteroatoms. The molecule has 17 N–H and O–H groups in total. The summed E-state index contributed by atoms with van der Waals surface area (Å²) in [7, 11) is 0. The Labute approximate surface area is 503 Å². The highest BCUT2D eigenvalue weighted by atomic mass is 16.5. The van der Waals surface area contributed by atoms with Crippen LogP contribution in [0.25, 0.3) is 10.9 Å². The minimum Gasteiger partial charge on any atom is -0.394 e. The van der Waals surface area contributed by atoms with Crippen molar-refractivity contribution in [1.29, 1.82) is 0 Å². The normalized spacial score (nSPS) is 17.3. The van der Waals surface area contributed by atoms with Gasteiger partial charge in [-0.1, -0.05) is 32.0 Å². The summed E-state index contributed by atoms with van der Waals surface area (Å²) >= 11 is 0. The number of para-hydroxylation sites is 1. The van der Waals surface area contributed by atoms with Crippen LogP contribution >= 0.6 is 0 Å². The highest BCUT2D eigenvalue weighted by Crippen LogP contribution is 2.22. The molecule has 0 bridgehead atoms. The van der Waals surface area contributed by atoms with Crippen LogP contribution in [0.5, 0.6) is 0 Å². The first-order chi connectivity index (χ1) is 41.4. The Morgan fingerprint density at radius 3 is 1.87 bits per heavy atom. The fraction of sp³-hybridized carbons (Fsp3) is 0.561.